The number of aromatic amines is 1. The van der Waals surface area contributed by atoms with E-state index >= 15 is 0 Å². The van der Waals surface area contributed by atoms with Gasteiger partial charge in [0.25, 0.3) is 5.91 Å². The van der Waals surface area contributed by atoms with Crippen LogP contribution in [0.25, 0.3) is 0 Å². The molecule has 1 aliphatic rings. The molecule has 1 aliphatic heterocycles. The number of hydrogen-bond acceptors (Lipinski definition) is 5. The van der Waals surface area contributed by atoms with Crippen molar-refractivity contribution < 1.29 is 23.6 Å². The van der Waals surface area contributed by atoms with Gasteiger partial charge in [-0.3, -0.25) is 14.7 Å². The SMILES string of the molecule is O=C(NC1CCN(P(=O)(O)Oc2ccccc2)CC1)c1[nH]ncc1CC(=O)c1c(Cl)cccc1Cl. The summed E-state index contributed by atoms with van der Waals surface area (Å²) in [6.07, 6.45) is 2.22. The van der Waals surface area contributed by atoms with E-state index in [2.05, 4.69) is 15.5 Å². The molecule has 184 valence electrons. The number of benzene rings is 2. The maximum atomic E-state index is 12.9. The van der Waals surface area contributed by atoms with E-state index < -0.39 is 13.7 Å². The maximum Gasteiger partial charge on any atom is 0.458 e. The van der Waals surface area contributed by atoms with E-state index in [0.29, 0.717) is 24.2 Å². The number of amides is 1. The molecule has 0 radical (unpaired) electrons. The minimum absolute atomic E-state index is 0.105. The summed E-state index contributed by atoms with van der Waals surface area (Å²) in [5, 5.41) is 9.94. The quantitative estimate of drug-likeness (QED) is 0.285. The number of H-pyrrole nitrogens is 1. The second-order valence-electron chi connectivity index (χ2n) is 8.06. The lowest BCUT2D eigenvalue weighted by Gasteiger charge is -2.33. The third-order valence-electron chi connectivity index (χ3n) is 5.67. The summed E-state index contributed by atoms with van der Waals surface area (Å²) in [5.41, 5.74) is 0.781. The van der Waals surface area contributed by atoms with Gasteiger partial charge in [0.1, 0.15) is 11.4 Å². The summed E-state index contributed by atoms with van der Waals surface area (Å²) < 4.78 is 19.4. The normalized spacial score (nSPS) is 16.4. The molecule has 1 fully saturated rings. The van der Waals surface area contributed by atoms with Crippen molar-refractivity contribution in [2.75, 3.05) is 13.1 Å². The van der Waals surface area contributed by atoms with Crippen molar-refractivity contribution in [3.8, 4) is 5.75 Å². The van der Waals surface area contributed by atoms with E-state index in [9.17, 15) is 19.0 Å². The van der Waals surface area contributed by atoms with Crippen LogP contribution in [0.1, 0.15) is 39.3 Å². The molecule has 1 amide bonds. The minimum Gasteiger partial charge on any atom is -0.413 e. The fourth-order valence-electron chi connectivity index (χ4n) is 3.86. The molecule has 35 heavy (non-hydrogen) atoms. The average Bonchev–Trinajstić information content (AvgIpc) is 3.28. The molecule has 9 nitrogen and oxygen atoms in total. The molecule has 1 aromatic heterocycles. The smallest absolute Gasteiger partial charge is 0.413 e. The number of Topliss-reactive ketones (excluding diaryl/α,β-unsaturated/α-hetero) is 1. The van der Waals surface area contributed by atoms with E-state index in [4.69, 9.17) is 27.7 Å². The van der Waals surface area contributed by atoms with Crippen molar-refractivity contribution in [3.05, 3.63) is 81.6 Å². The van der Waals surface area contributed by atoms with Crippen molar-refractivity contribution in [3.63, 3.8) is 0 Å². The van der Waals surface area contributed by atoms with Crippen LogP contribution in [0.15, 0.2) is 54.7 Å². The first kappa shape index (κ1) is 25.4. The Bertz CT molecular complexity index is 1240. The van der Waals surface area contributed by atoms with E-state index in [-0.39, 0.29) is 52.6 Å². The number of para-hydroxylation sites is 1. The topological polar surface area (TPSA) is 125 Å². The minimum atomic E-state index is -4.01. The average molecular weight is 537 g/mol. The van der Waals surface area contributed by atoms with Crippen LogP contribution in [-0.4, -0.2) is 50.6 Å². The van der Waals surface area contributed by atoms with Gasteiger partial charge in [0.2, 0.25) is 0 Å². The number of ketones is 1. The molecule has 2 aromatic carbocycles. The number of nitrogens with one attached hydrogen (secondary N) is 2. The van der Waals surface area contributed by atoms with Crippen molar-refractivity contribution in [2.45, 2.75) is 25.3 Å². The lowest BCUT2D eigenvalue weighted by molar-refractivity contribution is 0.0915. The van der Waals surface area contributed by atoms with E-state index in [1.807, 2.05) is 0 Å². The number of halogens is 2. The number of hydrogen-bond donors (Lipinski definition) is 3. The van der Waals surface area contributed by atoms with Crippen LogP contribution in [-0.2, 0) is 11.0 Å². The lowest BCUT2D eigenvalue weighted by atomic mass is 10.0. The third kappa shape index (κ3) is 6.12. The zero-order valence-corrected chi connectivity index (χ0v) is 20.9. The van der Waals surface area contributed by atoms with Crippen molar-refractivity contribution in [1.82, 2.24) is 20.2 Å². The number of aromatic nitrogens is 2. The first-order valence-electron chi connectivity index (χ1n) is 10.9. The highest BCUT2D eigenvalue weighted by Gasteiger charge is 2.35. The Morgan fingerprint density at radius 1 is 1.11 bits per heavy atom. The Morgan fingerprint density at radius 3 is 2.43 bits per heavy atom. The summed E-state index contributed by atoms with van der Waals surface area (Å²) in [4.78, 5) is 36.0. The largest absolute Gasteiger partial charge is 0.458 e. The van der Waals surface area contributed by atoms with Crippen LogP contribution >= 0.6 is 30.9 Å². The molecule has 12 heteroatoms. The molecular weight excluding hydrogens is 514 g/mol. The molecule has 3 N–H and O–H groups in total. The summed E-state index contributed by atoms with van der Waals surface area (Å²) in [6.45, 7) is 0.537. The van der Waals surface area contributed by atoms with Gasteiger partial charge in [-0.05, 0) is 37.1 Å². The molecule has 1 atom stereocenters. The van der Waals surface area contributed by atoms with Crippen molar-refractivity contribution >= 4 is 42.6 Å². The molecule has 0 spiro atoms. The van der Waals surface area contributed by atoms with Gasteiger partial charge in [-0.2, -0.15) is 9.77 Å². The molecule has 2 heterocycles. The van der Waals surface area contributed by atoms with Crippen LogP contribution in [0.4, 0.5) is 0 Å². The fourth-order valence-corrected chi connectivity index (χ4v) is 5.72. The number of carbonyl (C=O) groups is 2. The molecule has 1 saturated heterocycles. The van der Waals surface area contributed by atoms with Gasteiger partial charge in [-0.15, -0.1) is 0 Å². The highest BCUT2D eigenvalue weighted by Crippen LogP contribution is 2.47. The molecule has 0 saturated carbocycles. The first-order valence-corrected chi connectivity index (χ1v) is 13.2. The van der Waals surface area contributed by atoms with Gasteiger partial charge in [0.15, 0.2) is 5.78 Å². The highest BCUT2D eigenvalue weighted by atomic mass is 35.5. The molecular formula is C23H23Cl2N4O5P. The second-order valence-corrected chi connectivity index (χ2v) is 10.6. The van der Waals surface area contributed by atoms with E-state index in [1.54, 1.807) is 48.5 Å². The Hall–Kier alpha value is -2.68. The predicted molar refractivity (Wildman–Crippen MR) is 132 cm³/mol. The summed E-state index contributed by atoms with van der Waals surface area (Å²) in [5.74, 6) is -0.434. The molecule has 0 aliphatic carbocycles. The second kappa shape index (κ2) is 10.9. The fraction of sp³-hybridized carbons (Fsp3) is 0.261. The molecule has 3 aromatic rings. The van der Waals surface area contributed by atoms with Crippen LogP contribution in [0.5, 0.6) is 5.75 Å². The number of nitrogens with zero attached hydrogens (tertiary/aromatic N) is 2. The third-order valence-corrected chi connectivity index (χ3v) is 7.86. The number of carbonyl (C=O) groups excluding carboxylic acids is 2. The maximum absolute atomic E-state index is 12.9. The first-order chi connectivity index (χ1) is 16.7. The number of piperidine rings is 1. The molecule has 1 unspecified atom stereocenters. The van der Waals surface area contributed by atoms with Gasteiger partial charge in [0.05, 0.1) is 21.8 Å². The van der Waals surface area contributed by atoms with Gasteiger partial charge < -0.3 is 14.7 Å². The van der Waals surface area contributed by atoms with Crippen LogP contribution in [0, 0.1) is 0 Å². The Morgan fingerprint density at radius 2 is 1.77 bits per heavy atom. The monoisotopic (exact) mass is 536 g/mol. The standard InChI is InChI=1S/C23H23Cl2N4O5P/c24-18-7-4-8-19(25)21(18)20(30)13-15-14-26-28-22(15)23(31)27-16-9-11-29(12-10-16)35(32,33)34-17-5-2-1-3-6-17/h1-8,14,16H,9-13H2,(H,26,28)(H,27,31)(H,32,33). The highest BCUT2D eigenvalue weighted by molar-refractivity contribution is 7.50. The Kier molecular flexibility index (Phi) is 7.94. The summed E-state index contributed by atoms with van der Waals surface area (Å²) in [6, 6.07) is 13.0. The van der Waals surface area contributed by atoms with Gasteiger partial charge in [-0.1, -0.05) is 47.5 Å². The van der Waals surface area contributed by atoms with Crippen LogP contribution in [0.2, 0.25) is 10.0 Å². The Labute approximate surface area is 212 Å². The Balaban J connectivity index is 1.34. The van der Waals surface area contributed by atoms with Crippen molar-refractivity contribution in [1.29, 1.82) is 0 Å². The zero-order chi connectivity index (χ0) is 25.0. The van der Waals surface area contributed by atoms with Crippen molar-refractivity contribution in [2.24, 2.45) is 0 Å². The van der Waals surface area contributed by atoms with Gasteiger partial charge >= 0.3 is 7.75 Å². The predicted octanol–water partition coefficient (Wildman–Crippen LogP) is 4.52. The van der Waals surface area contributed by atoms with Crippen LogP contribution < -0.4 is 9.84 Å². The van der Waals surface area contributed by atoms with E-state index in [0.717, 1.165) is 0 Å². The molecule has 0 bridgehead atoms. The van der Waals surface area contributed by atoms with Gasteiger partial charge in [0, 0.05) is 31.1 Å². The lowest BCUT2D eigenvalue weighted by Crippen LogP contribution is -2.44. The zero-order valence-electron chi connectivity index (χ0n) is 18.5. The van der Waals surface area contributed by atoms with Crippen LogP contribution in [0.3, 0.4) is 0 Å². The molecule has 4 rings (SSSR count). The summed E-state index contributed by atoms with van der Waals surface area (Å²) >= 11 is 12.3. The van der Waals surface area contributed by atoms with E-state index in [1.165, 1.54) is 10.9 Å². The number of rotatable bonds is 8. The summed E-state index contributed by atoms with van der Waals surface area (Å²) in [7, 11) is -4.01. The van der Waals surface area contributed by atoms with Gasteiger partial charge in [-0.25, -0.2) is 4.57 Å².